The Morgan fingerprint density at radius 2 is 1.71 bits per heavy atom. The zero-order valence-electron chi connectivity index (χ0n) is 14.6. The van der Waals surface area contributed by atoms with Gasteiger partial charge >= 0.3 is 0 Å². The van der Waals surface area contributed by atoms with E-state index in [1.54, 1.807) is 0 Å². The molecular weight excluding hydrogens is 349 g/mol. The lowest BCUT2D eigenvalue weighted by molar-refractivity contribution is -0.127. The Hall–Kier alpha value is -1.30. The first-order valence-corrected chi connectivity index (χ1v) is 8.07. The van der Waals surface area contributed by atoms with E-state index in [4.69, 9.17) is 17.3 Å². The van der Waals surface area contributed by atoms with Crippen LogP contribution < -0.4 is 16.4 Å². The molecule has 4 N–H and O–H groups in total. The average Bonchev–Trinajstić information content (AvgIpc) is 2.50. The smallest absolute Gasteiger partial charge is 0.239 e. The third-order valence-corrected chi connectivity index (χ3v) is 4.05. The predicted octanol–water partition coefficient (Wildman–Crippen LogP) is 2.26. The van der Waals surface area contributed by atoms with Crippen LogP contribution in [0.5, 0.6) is 0 Å². The second kappa shape index (κ2) is 9.87. The van der Waals surface area contributed by atoms with Gasteiger partial charge in [0.2, 0.25) is 11.8 Å². The summed E-state index contributed by atoms with van der Waals surface area (Å²) in [6.07, 6.45) is 0. The number of carbonyl (C=O) groups is 2. The highest BCUT2D eigenvalue weighted by molar-refractivity contribution is 6.30. The maximum atomic E-state index is 11.9. The predicted molar refractivity (Wildman–Crippen MR) is 101 cm³/mol. The van der Waals surface area contributed by atoms with Gasteiger partial charge in [-0.25, -0.2) is 0 Å². The molecule has 7 heteroatoms. The number of amides is 2. The number of hydrogen-bond donors (Lipinski definition) is 3. The summed E-state index contributed by atoms with van der Waals surface area (Å²) in [5.41, 5.74) is 6.56. The quantitative estimate of drug-likeness (QED) is 0.683. The molecule has 0 fully saturated rings. The Balaban J connectivity index is 0.00000529. The molecule has 1 atom stereocenters. The fourth-order valence-electron chi connectivity index (χ4n) is 1.97. The summed E-state index contributed by atoms with van der Waals surface area (Å²) >= 11 is 5.89. The number of halogens is 2. The van der Waals surface area contributed by atoms with Gasteiger partial charge in [-0.15, -0.1) is 12.4 Å². The van der Waals surface area contributed by atoms with Crippen molar-refractivity contribution in [3.63, 3.8) is 0 Å². The number of nitrogens with one attached hydrogen (secondary N) is 2. The molecule has 0 aromatic heterocycles. The van der Waals surface area contributed by atoms with Crippen LogP contribution in [0, 0.1) is 5.92 Å². The Labute approximate surface area is 155 Å². The van der Waals surface area contributed by atoms with Crippen molar-refractivity contribution in [1.82, 2.24) is 10.6 Å². The van der Waals surface area contributed by atoms with Crippen molar-refractivity contribution in [2.75, 3.05) is 13.1 Å². The number of nitrogens with two attached hydrogens (primary N) is 1. The largest absolute Gasteiger partial charge is 0.354 e. The molecule has 1 rings (SSSR count). The van der Waals surface area contributed by atoms with Gasteiger partial charge in [-0.2, -0.15) is 0 Å². The summed E-state index contributed by atoms with van der Waals surface area (Å²) in [6, 6.07) is 6.94. The summed E-state index contributed by atoms with van der Waals surface area (Å²) in [4.78, 5) is 23.6. The summed E-state index contributed by atoms with van der Waals surface area (Å²) in [7, 11) is 0. The molecule has 0 heterocycles. The highest BCUT2D eigenvalue weighted by Gasteiger charge is 2.22. The van der Waals surface area contributed by atoms with Gasteiger partial charge in [-0.3, -0.25) is 9.59 Å². The topological polar surface area (TPSA) is 84.2 Å². The molecule has 0 unspecified atom stereocenters. The minimum atomic E-state index is -0.603. The number of rotatable bonds is 7. The third-order valence-electron chi connectivity index (χ3n) is 3.80. The van der Waals surface area contributed by atoms with Gasteiger partial charge in [-0.1, -0.05) is 51.4 Å². The van der Waals surface area contributed by atoms with Crippen LogP contribution in [-0.2, 0) is 15.0 Å². The van der Waals surface area contributed by atoms with Gasteiger partial charge in [0.1, 0.15) is 0 Å². The number of carbonyl (C=O) groups excluding carboxylic acids is 2. The molecule has 0 spiro atoms. The number of hydrogen-bond acceptors (Lipinski definition) is 3. The Morgan fingerprint density at radius 3 is 2.21 bits per heavy atom. The maximum absolute atomic E-state index is 11.9. The molecule has 0 radical (unpaired) electrons. The highest BCUT2D eigenvalue weighted by atomic mass is 35.5. The summed E-state index contributed by atoms with van der Waals surface area (Å²) < 4.78 is 0. The first kappa shape index (κ1) is 22.7. The maximum Gasteiger partial charge on any atom is 0.239 e. The monoisotopic (exact) mass is 375 g/mol. The lowest BCUT2D eigenvalue weighted by atomic mass is 9.84. The van der Waals surface area contributed by atoms with Crippen LogP contribution in [0.25, 0.3) is 0 Å². The van der Waals surface area contributed by atoms with Crippen molar-refractivity contribution in [3.05, 3.63) is 34.9 Å². The van der Waals surface area contributed by atoms with Crippen LogP contribution in [0.15, 0.2) is 24.3 Å². The fourth-order valence-corrected chi connectivity index (χ4v) is 2.10. The highest BCUT2D eigenvalue weighted by Crippen LogP contribution is 2.23. The van der Waals surface area contributed by atoms with Crippen molar-refractivity contribution in [3.8, 4) is 0 Å². The molecule has 2 amide bonds. The van der Waals surface area contributed by atoms with Crippen LogP contribution in [-0.4, -0.2) is 30.9 Å². The lowest BCUT2D eigenvalue weighted by Gasteiger charge is -2.26. The summed E-state index contributed by atoms with van der Waals surface area (Å²) in [5.74, 6) is -0.523. The molecular formula is C17H27Cl2N3O2. The molecule has 0 aliphatic heterocycles. The molecule has 0 saturated heterocycles. The van der Waals surface area contributed by atoms with Gasteiger partial charge in [0.25, 0.3) is 0 Å². The molecule has 0 saturated carbocycles. The van der Waals surface area contributed by atoms with E-state index in [1.807, 2.05) is 52.0 Å². The van der Waals surface area contributed by atoms with E-state index in [9.17, 15) is 9.59 Å². The van der Waals surface area contributed by atoms with Gasteiger partial charge in [0, 0.05) is 17.0 Å². The first-order chi connectivity index (χ1) is 10.6. The van der Waals surface area contributed by atoms with E-state index in [0.717, 1.165) is 5.56 Å². The molecule has 0 bridgehead atoms. The van der Waals surface area contributed by atoms with Crippen molar-refractivity contribution in [2.45, 2.75) is 39.2 Å². The number of benzene rings is 1. The zero-order valence-corrected chi connectivity index (χ0v) is 16.1. The van der Waals surface area contributed by atoms with E-state index in [0.29, 0.717) is 11.6 Å². The van der Waals surface area contributed by atoms with E-state index in [-0.39, 0.29) is 42.1 Å². The molecule has 1 aromatic rings. The van der Waals surface area contributed by atoms with Crippen LogP contribution in [0.4, 0.5) is 0 Å². The lowest BCUT2D eigenvalue weighted by Crippen LogP contribution is -2.48. The van der Waals surface area contributed by atoms with Crippen molar-refractivity contribution < 1.29 is 9.59 Å². The van der Waals surface area contributed by atoms with Gasteiger partial charge in [-0.05, 0) is 23.6 Å². The van der Waals surface area contributed by atoms with Crippen molar-refractivity contribution in [2.24, 2.45) is 11.7 Å². The van der Waals surface area contributed by atoms with Crippen LogP contribution in [0.2, 0.25) is 5.02 Å². The summed E-state index contributed by atoms with van der Waals surface area (Å²) in [6.45, 7) is 8.17. The van der Waals surface area contributed by atoms with Crippen LogP contribution in [0.1, 0.15) is 33.3 Å². The van der Waals surface area contributed by atoms with Gasteiger partial charge in [0.05, 0.1) is 12.6 Å². The minimum Gasteiger partial charge on any atom is -0.354 e. The summed E-state index contributed by atoms with van der Waals surface area (Å²) in [5, 5.41) is 6.06. The van der Waals surface area contributed by atoms with Gasteiger partial charge < -0.3 is 16.4 Å². The van der Waals surface area contributed by atoms with Crippen molar-refractivity contribution >= 4 is 35.8 Å². The second-order valence-corrected chi connectivity index (χ2v) is 7.09. The van der Waals surface area contributed by atoms with E-state index >= 15 is 0 Å². The fraction of sp³-hybridized carbons (Fsp3) is 0.529. The molecule has 1 aromatic carbocycles. The first-order valence-electron chi connectivity index (χ1n) is 7.69. The van der Waals surface area contributed by atoms with Gasteiger partial charge in [0.15, 0.2) is 0 Å². The molecule has 0 aliphatic carbocycles. The van der Waals surface area contributed by atoms with E-state index in [2.05, 4.69) is 10.6 Å². The van der Waals surface area contributed by atoms with E-state index < -0.39 is 6.04 Å². The standard InChI is InChI=1S/C17H26ClN3O2.ClH/c1-11(2)15(19)16(23)20-9-14(22)21-10-17(3,4)12-5-7-13(18)8-6-12;/h5-8,11,15H,9-10,19H2,1-4H3,(H,20,23)(H,21,22);1H/t15-;/m0./s1. The SMILES string of the molecule is CC(C)[C@H](N)C(=O)NCC(=O)NCC(C)(C)c1ccc(Cl)cc1.Cl. The Morgan fingerprint density at radius 1 is 1.17 bits per heavy atom. The van der Waals surface area contributed by atoms with Crippen LogP contribution >= 0.6 is 24.0 Å². The second-order valence-electron chi connectivity index (χ2n) is 6.66. The average molecular weight is 376 g/mol. The molecule has 0 aliphatic rings. The normalized spacial score (nSPS) is 12.3. The third kappa shape index (κ3) is 7.07. The van der Waals surface area contributed by atoms with Crippen molar-refractivity contribution in [1.29, 1.82) is 0 Å². The van der Waals surface area contributed by atoms with Crippen LogP contribution in [0.3, 0.4) is 0 Å². The minimum absolute atomic E-state index is 0. The Kier molecular flexibility index (Phi) is 9.33. The zero-order chi connectivity index (χ0) is 17.6. The van der Waals surface area contributed by atoms with E-state index in [1.165, 1.54) is 0 Å². The molecule has 24 heavy (non-hydrogen) atoms. The molecule has 5 nitrogen and oxygen atoms in total. The molecule has 136 valence electrons. The Bertz CT molecular complexity index is 545.